The number of hydrogen-bond acceptors (Lipinski definition) is 3. The lowest BCUT2D eigenvalue weighted by Crippen LogP contribution is -2.53. The SMILES string of the molecule is COCC1(CNC(=O)c2cc(C(F)(F)F)ccc2F)CCCN1. The highest BCUT2D eigenvalue weighted by atomic mass is 19.4. The van der Waals surface area contributed by atoms with E-state index >= 15 is 0 Å². The van der Waals surface area contributed by atoms with Gasteiger partial charge >= 0.3 is 6.18 Å². The van der Waals surface area contributed by atoms with Gasteiger partial charge in [0.15, 0.2) is 0 Å². The third-order valence-corrected chi connectivity index (χ3v) is 3.88. The minimum atomic E-state index is -4.63. The summed E-state index contributed by atoms with van der Waals surface area (Å²) in [6.45, 7) is 1.25. The molecule has 0 radical (unpaired) electrons. The second-order valence-electron chi connectivity index (χ2n) is 5.62. The summed E-state index contributed by atoms with van der Waals surface area (Å²) in [4.78, 5) is 12.1. The van der Waals surface area contributed by atoms with Gasteiger partial charge in [-0.15, -0.1) is 0 Å². The molecule has 1 aromatic rings. The van der Waals surface area contributed by atoms with E-state index in [0.29, 0.717) is 24.8 Å². The molecule has 0 spiro atoms. The van der Waals surface area contributed by atoms with Gasteiger partial charge in [-0.1, -0.05) is 0 Å². The Kier molecular flexibility index (Phi) is 5.26. The fourth-order valence-corrected chi connectivity index (χ4v) is 2.69. The van der Waals surface area contributed by atoms with Gasteiger partial charge in [0.1, 0.15) is 5.82 Å². The van der Waals surface area contributed by atoms with Crippen molar-refractivity contribution < 1.29 is 27.1 Å². The molecule has 0 aliphatic carbocycles. The van der Waals surface area contributed by atoms with Crippen molar-refractivity contribution >= 4 is 5.91 Å². The average molecular weight is 334 g/mol. The lowest BCUT2D eigenvalue weighted by atomic mass is 9.98. The van der Waals surface area contributed by atoms with E-state index in [0.717, 1.165) is 19.4 Å². The van der Waals surface area contributed by atoms with Crippen LogP contribution >= 0.6 is 0 Å². The van der Waals surface area contributed by atoms with Crippen LogP contribution in [0.2, 0.25) is 0 Å². The van der Waals surface area contributed by atoms with Crippen molar-refractivity contribution in [1.29, 1.82) is 0 Å². The molecule has 2 rings (SSSR count). The molecular weight excluding hydrogens is 316 g/mol. The second-order valence-corrected chi connectivity index (χ2v) is 5.62. The first-order chi connectivity index (χ1) is 10.8. The van der Waals surface area contributed by atoms with Crippen LogP contribution in [-0.4, -0.2) is 38.3 Å². The molecule has 1 aliphatic heterocycles. The number of halogens is 4. The molecule has 0 saturated carbocycles. The van der Waals surface area contributed by atoms with Gasteiger partial charge in [-0.05, 0) is 37.6 Å². The number of hydrogen-bond donors (Lipinski definition) is 2. The molecule has 128 valence electrons. The summed E-state index contributed by atoms with van der Waals surface area (Å²) in [5.74, 6) is -1.87. The van der Waals surface area contributed by atoms with Crippen LogP contribution in [0.1, 0.15) is 28.8 Å². The van der Waals surface area contributed by atoms with Gasteiger partial charge in [0.25, 0.3) is 5.91 Å². The van der Waals surface area contributed by atoms with Crippen molar-refractivity contribution in [3.63, 3.8) is 0 Å². The Bertz CT molecular complexity index is 569. The highest BCUT2D eigenvalue weighted by Gasteiger charge is 2.35. The minimum absolute atomic E-state index is 0.148. The van der Waals surface area contributed by atoms with Crippen LogP contribution in [-0.2, 0) is 10.9 Å². The lowest BCUT2D eigenvalue weighted by molar-refractivity contribution is -0.137. The van der Waals surface area contributed by atoms with E-state index in [1.807, 2.05) is 0 Å². The largest absolute Gasteiger partial charge is 0.416 e. The molecule has 1 fully saturated rings. The van der Waals surface area contributed by atoms with Gasteiger partial charge in [0.2, 0.25) is 0 Å². The van der Waals surface area contributed by atoms with Crippen LogP contribution in [0.4, 0.5) is 17.6 Å². The number of carbonyl (C=O) groups is 1. The van der Waals surface area contributed by atoms with Crippen molar-refractivity contribution in [1.82, 2.24) is 10.6 Å². The zero-order valence-corrected chi connectivity index (χ0v) is 12.6. The summed E-state index contributed by atoms with van der Waals surface area (Å²) in [6.07, 6.45) is -2.98. The number of amides is 1. The van der Waals surface area contributed by atoms with Gasteiger partial charge in [-0.25, -0.2) is 4.39 Å². The molecule has 1 atom stereocenters. The molecule has 1 aromatic carbocycles. The Morgan fingerprint density at radius 2 is 2.17 bits per heavy atom. The van der Waals surface area contributed by atoms with E-state index in [1.54, 1.807) is 0 Å². The zero-order valence-electron chi connectivity index (χ0n) is 12.6. The number of methoxy groups -OCH3 is 1. The number of nitrogens with one attached hydrogen (secondary N) is 2. The van der Waals surface area contributed by atoms with Crippen LogP contribution in [0.15, 0.2) is 18.2 Å². The summed E-state index contributed by atoms with van der Waals surface area (Å²) < 4.78 is 56.8. The van der Waals surface area contributed by atoms with Crippen molar-refractivity contribution in [2.24, 2.45) is 0 Å². The Labute approximate surface area is 131 Å². The Balaban J connectivity index is 2.11. The van der Waals surface area contributed by atoms with Gasteiger partial charge in [-0.2, -0.15) is 13.2 Å². The monoisotopic (exact) mass is 334 g/mol. The highest BCUT2D eigenvalue weighted by molar-refractivity contribution is 5.94. The maximum Gasteiger partial charge on any atom is 0.416 e. The van der Waals surface area contributed by atoms with E-state index in [9.17, 15) is 22.4 Å². The molecule has 1 aliphatic rings. The average Bonchev–Trinajstić information content (AvgIpc) is 2.93. The van der Waals surface area contributed by atoms with Crippen LogP contribution in [0.5, 0.6) is 0 Å². The Hall–Kier alpha value is -1.67. The van der Waals surface area contributed by atoms with E-state index in [-0.39, 0.29) is 6.54 Å². The topological polar surface area (TPSA) is 50.4 Å². The first kappa shape index (κ1) is 17.7. The maximum atomic E-state index is 13.7. The quantitative estimate of drug-likeness (QED) is 0.813. The van der Waals surface area contributed by atoms with E-state index in [1.165, 1.54) is 7.11 Å². The molecular formula is C15H18F4N2O2. The predicted octanol–water partition coefficient (Wildman–Crippen LogP) is 2.34. The predicted molar refractivity (Wildman–Crippen MR) is 75.6 cm³/mol. The summed E-state index contributed by atoms with van der Waals surface area (Å²) >= 11 is 0. The highest BCUT2D eigenvalue weighted by Crippen LogP contribution is 2.30. The fraction of sp³-hybridized carbons (Fsp3) is 0.533. The summed E-state index contributed by atoms with van der Waals surface area (Å²) in [6, 6.07) is 1.78. The van der Waals surface area contributed by atoms with Crippen LogP contribution in [0.3, 0.4) is 0 Å². The van der Waals surface area contributed by atoms with E-state index < -0.39 is 34.6 Å². The molecule has 0 bridgehead atoms. The molecule has 0 aromatic heterocycles. The Morgan fingerprint density at radius 3 is 2.74 bits per heavy atom. The lowest BCUT2D eigenvalue weighted by Gasteiger charge is -2.29. The van der Waals surface area contributed by atoms with Crippen LogP contribution in [0.25, 0.3) is 0 Å². The Morgan fingerprint density at radius 1 is 1.43 bits per heavy atom. The molecule has 1 heterocycles. The van der Waals surface area contributed by atoms with Crippen molar-refractivity contribution in [2.45, 2.75) is 24.6 Å². The standard InChI is InChI=1S/C15H18F4N2O2/c1-23-9-14(5-2-6-21-14)8-20-13(22)11-7-10(15(17,18)19)3-4-12(11)16/h3-4,7,21H,2,5-6,8-9H2,1H3,(H,20,22). The van der Waals surface area contributed by atoms with Crippen molar-refractivity contribution in [3.05, 3.63) is 35.1 Å². The molecule has 23 heavy (non-hydrogen) atoms. The number of benzene rings is 1. The number of carbonyl (C=O) groups excluding carboxylic acids is 1. The van der Waals surface area contributed by atoms with Crippen molar-refractivity contribution in [3.8, 4) is 0 Å². The number of alkyl halides is 3. The van der Waals surface area contributed by atoms with Crippen LogP contribution in [0, 0.1) is 5.82 Å². The number of ether oxygens (including phenoxy) is 1. The second kappa shape index (κ2) is 6.84. The van der Waals surface area contributed by atoms with E-state index in [2.05, 4.69) is 10.6 Å². The van der Waals surface area contributed by atoms with Gasteiger partial charge in [-0.3, -0.25) is 4.79 Å². The van der Waals surface area contributed by atoms with E-state index in [4.69, 9.17) is 4.74 Å². The summed E-state index contributed by atoms with van der Waals surface area (Å²) in [7, 11) is 1.52. The van der Waals surface area contributed by atoms with Crippen LogP contribution < -0.4 is 10.6 Å². The van der Waals surface area contributed by atoms with Crippen molar-refractivity contribution in [2.75, 3.05) is 26.8 Å². The smallest absolute Gasteiger partial charge is 0.383 e. The molecule has 1 saturated heterocycles. The molecule has 2 N–H and O–H groups in total. The maximum absolute atomic E-state index is 13.7. The van der Waals surface area contributed by atoms with Gasteiger partial charge in [0, 0.05) is 13.7 Å². The number of rotatable bonds is 5. The third kappa shape index (κ3) is 4.20. The molecule has 1 unspecified atom stereocenters. The van der Waals surface area contributed by atoms with Gasteiger partial charge < -0.3 is 15.4 Å². The third-order valence-electron chi connectivity index (χ3n) is 3.88. The molecule has 4 nitrogen and oxygen atoms in total. The minimum Gasteiger partial charge on any atom is -0.383 e. The first-order valence-electron chi connectivity index (χ1n) is 7.16. The molecule has 8 heteroatoms. The van der Waals surface area contributed by atoms with Gasteiger partial charge in [0.05, 0.1) is 23.3 Å². The normalized spacial score (nSPS) is 21.4. The zero-order chi connectivity index (χ0) is 17.1. The molecule has 1 amide bonds. The summed E-state index contributed by atoms with van der Waals surface area (Å²) in [5, 5.41) is 5.71. The fourth-order valence-electron chi connectivity index (χ4n) is 2.69. The summed E-state index contributed by atoms with van der Waals surface area (Å²) in [5.41, 5.74) is -2.15. The first-order valence-corrected chi connectivity index (χ1v) is 7.16.